The topological polar surface area (TPSA) is 8.17 Å². The van der Waals surface area contributed by atoms with Gasteiger partial charge in [-0.1, -0.05) is 166 Å². The molecule has 0 atom stereocenters. The third kappa shape index (κ3) is 4.38. The fraction of sp³-hybridized carbons (Fsp3) is 0.0714. The third-order valence-electron chi connectivity index (χ3n) is 13.2. The van der Waals surface area contributed by atoms with Gasteiger partial charge in [-0.25, -0.2) is 0 Å². The van der Waals surface area contributed by atoms with Crippen LogP contribution in [0.4, 0.5) is 17.1 Å². The zero-order chi connectivity index (χ0) is 38.6. The largest absolute Gasteiger partial charge is 0.310 e. The van der Waals surface area contributed by atoms with E-state index >= 15 is 0 Å². The molecule has 0 saturated heterocycles. The molecule has 0 saturated carbocycles. The fourth-order valence-corrected chi connectivity index (χ4v) is 10.8. The quantitative estimate of drug-likeness (QED) is 0.174. The molecule has 0 amide bonds. The van der Waals surface area contributed by atoms with Crippen LogP contribution in [0.25, 0.3) is 49.4 Å². The molecule has 0 fully saturated rings. The third-order valence-corrected chi connectivity index (χ3v) is 13.2. The molecule has 2 aliphatic rings. The fourth-order valence-electron chi connectivity index (χ4n) is 10.8. The second-order valence-electron chi connectivity index (χ2n) is 16.5. The summed E-state index contributed by atoms with van der Waals surface area (Å²) in [4.78, 5) is 2.49. The van der Waals surface area contributed by atoms with Gasteiger partial charge in [0.05, 0.1) is 27.8 Å². The average molecular weight is 741 g/mol. The number of hydrogen-bond donors (Lipinski definition) is 0. The molecule has 1 aromatic heterocycles. The summed E-state index contributed by atoms with van der Waals surface area (Å²) >= 11 is 0. The molecule has 1 aliphatic heterocycles. The van der Waals surface area contributed by atoms with Gasteiger partial charge < -0.3 is 9.47 Å². The smallest absolute Gasteiger partial charge is 0.0745 e. The highest BCUT2D eigenvalue weighted by Crippen LogP contribution is 2.62. The van der Waals surface area contributed by atoms with Crippen molar-refractivity contribution in [2.24, 2.45) is 0 Å². The van der Waals surface area contributed by atoms with Crippen molar-refractivity contribution in [3.8, 4) is 16.8 Å². The van der Waals surface area contributed by atoms with Gasteiger partial charge in [0, 0.05) is 27.6 Å². The van der Waals surface area contributed by atoms with Crippen molar-refractivity contribution >= 4 is 49.6 Å². The van der Waals surface area contributed by atoms with Crippen molar-refractivity contribution in [1.82, 2.24) is 4.57 Å². The van der Waals surface area contributed by atoms with Gasteiger partial charge in [0.1, 0.15) is 0 Å². The number of benzene rings is 9. The Morgan fingerprint density at radius 1 is 0.379 bits per heavy atom. The van der Waals surface area contributed by atoms with E-state index in [9.17, 15) is 0 Å². The minimum atomic E-state index is -0.624. The Bertz CT molecular complexity index is 3170. The normalized spacial score (nSPS) is 14.6. The molecule has 0 unspecified atom stereocenters. The Hall–Kier alpha value is -7.16. The average Bonchev–Trinajstić information content (AvgIpc) is 3.74. The van der Waals surface area contributed by atoms with E-state index in [1.165, 1.54) is 88.5 Å². The van der Waals surface area contributed by atoms with Crippen LogP contribution in [-0.4, -0.2) is 4.57 Å². The number of fused-ring (bicyclic) bond motifs is 9. The number of hydrogen-bond acceptors (Lipinski definition) is 1. The van der Waals surface area contributed by atoms with Crippen molar-refractivity contribution in [3.63, 3.8) is 0 Å². The number of nitrogens with zero attached hydrogens (tertiary/aromatic N) is 2. The Labute approximate surface area is 338 Å². The molecule has 58 heavy (non-hydrogen) atoms. The lowest BCUT2D eigenvalue weighted by atomic mass is 9.59. The summed E-state index contributed by atoms with van der Waals surface area (Å²) in [7, 11) is 0. The van der Waals surface area contributed by atoms with Gasteiger partial charge in [0.2, 0.25) is 0 Å². The maximum atomic E-state index is 2.49. The summed E-state index contributed by atoms with van der Waals surface area (Å²) < 4.78 is 2.40. The van der Waals surface area contributed by atoms with Gasteiger partial charge in [0.25, 0.3) is 0 Å². The van der Waals surface area contributed by atoms with Crippen LogP contribution in [0.3, 0.4) is 0 Å². The number of aromatic nitrogens is 1. The van der Waals surface area contributed by atoms with Gasteiger partial charge in [-0.3, -0.25) is 0 Å². The predicted octanol–water partition coefficient (Wildman–Crippen LogP) is 14.4. The van der Waals surface area contributed by atoms with E-state index in [4.69, 9.17) is 0 Å². The summed E-state index contributed by atoms with van der Waals surface area (Å²) in [6, 6.07) is 76.9. The molecule has 2 heterocycles. The van der Waals surface area contributed by atoms with Crippen molar-refractivity contribution in [1.29, 1.82) is 0 Å². The number of para-hydroxylation sites is 4. The van der Waals surface area contributed by atoms with E-state index in [-0.39, 0.29) is 5.41 Å². The monoisotopic (exact) mass is 740 g/mol. The molecular weight excluding hydrogens is 701 g/mol. The predicted molar refractivity (Wildman–Crippen MR) is 242 cm³/mol. The Balaban J connectivity index is 1.13. The standard InChI is InChI=1S/C56H40N2/c1-55(2)46-22-8-5-18-42(46)45-21-15-25-49(54(45)55)56(39-31-30-37-16-3-4-17-38(37)36-39)47-23-9-13-28-52(47)58(53-29-14-10-24-48(53)56)41-34-32-40(33-35-41)57-50-26-11-6-19-43(50)44-20-7-12-27-51(44)57/h3-36H,1-2H3. The first-order valence-corrected chi connectivity index (χ1v) is 20.4. The minimum Gasteiger partial charge on any atom is -0.310 e. The van der Waals surface area contributed by atoms with E-state index < -0.39 is 5.41 Å². The lowest BCUT2D eigenvalue weighted by Crippen LogP contribution is -2.39. The number of anilines is 3. The summed E-state index contributed by atoms with van der Waals surface area (Å²) in [6.07, 6.45) is 0. The Kier molecular flexibility index (Phi) is 6.93. The minimum absolute atomic E-state index is 0.212. The zero-order valence-corrected chi connectivity index (χ0v) is 32.5. The molecule has 274 valence electrons. The molecule has 0 N–H and O–H groups in total. The first-order chi connectivity index (χ1) is 28.5. The highest BCUT2D eigenvalue weighted by molar-refractivity contribution is 6.09. The van der Waals surface area contributed by atoms with Crippen LogP contribution < -0.4 is 4.90 Å². The molecular formula is C56H40N2. The molecule has 10 aromatic rings. The first-order valence-electron chi connectivity index (χ1n) is 20.4. The SMILES string of the molecule is CC1(C)c2ccccc2-c2cccc(C3(c4ccc5ccccc5c4)c4ccccc4N(c4ccc(-n5c6ccccc6c6ccccc65)cc4)c4ccccc43)c21. The maximum absolute atomic E-state index is 2.49. The van der Waals surface area contributed by atoms with E-state index in [2.05, 4.69) is 230 Å². The second kappa shape index (κ2) is 12.2. The zero-order valence-electron chi connectivity index (χ0n) is 32.5. The van der Waals surface area contributed by atoms with E-state index in [0.717, 1.165) is 11.4 Å². The summed E-state index contributed by atoms with van der Waals surface area (Å²) in [5.74, 6) is 0. The van der Waals surface area contributed by atoms with Gasteiger partial charge >= 0.3 is 0 Å². The van der Waals surface area contributed by atoms with Gasteiger partial charge in [-0.2, -0.15) is 0 Å². The van der Waals surface area contributed by atoms with Crippen LogP contribution in [0.15, 0.2) is 206 Å². The summed E-state index contributed by atoms with van der Waals surface area (Å²) in [5, 5.41) is 5.02. The maximum Gasteiger partial charge on any atom is 0.0745 e. The highest BCUT2D eigenvalue weighted by atomic mass is 15.2. The molecule has 2 nitrogen and oxygen atoms in total. The summed E-state index contributed by atoms with van der Waals surface area (Å²) in [5.41, 5.74) is 16.8. The van der Waals surface area contributed by atoms with Gasteiger partial charge in [0.15, 0.2) is 0 Å². The lowest BCUT2D eigenvalue weighted by molar-refractivity contribution is 0.625. The Morgan fingerprint density at radius 2 is 0.897 bits per heavy atom. The van der Waals surface area contributed by atoms with Gasteiger partial charge in [-0.05, 0) is 110 Å². The second-order valence-corrected chi connectivity index (χ2v) is 16.5. The molecule has 0 radical (unpaired) electrons. The number of rotatable bonds is 4. The van der Waals surface area contributed by atoms with Crippen LogP contribution in [0.2, 0.25) is 0 Å². The van der Waals surface area contributed by atoms with Crippen LogP contribution in [0.1, 0.15) is 47.2 Å². The van der Waals surface area contributed by atoms with Crippen LogP contribution in [-0.2, 0) is 10.8 Å². The first kappa shape index (κ1) is 33.0. The van der Waals surface area contributed by atoms with E-state index in [0.29, 0.717) is 0 Å². The molecule has 0 bridgehead atoms. The van der Waals surface area contributed by atoms with E-state index in [1.807, 2.05) is 0 Å². The molecule has 9 aromatic carbocycles. The molecule has 2 heteroatoms. The highest BCUT2D eigenvalue weighted by Gasteiger charge is 2.50. The van der Waals surface area contributed by atoms with Crippen molar-refractivity contribution in [2.45, 2.75) is 24.7 Å². The van der Waals surface area contributed by atoms with E-state index in [1.54, 1.807) is 0 Å². The van der Waals surface area contributed by atoms with Crippen molar-refractivity contribution < 1.29 is 0 Å². The lowest BCUT2D eigenvalue weighted by Gasteiger charge is -2.48. The summed E-state index contributed by atoms with van der Waals surface area (Å²) in [6.45, 7) is 4.84. The van der Waals surface area contributed by atoms with Crippen molar-refractivity contribution in [3.05, 3.63) is 240 Å². The van der Waals surface area contributed by atoms with Gasteiger partial charge in [-0.15, -0.1) is 0 Å². The molecule has 1 aliphatic carbocycles. The molecule has 0 spiro atoms. The Morgan fingerprint density at radius 3 is 1.59 bits per heavy atom. The molecule has 12 rings (SSSR count). The van der Waals surface area contributed by atoms with Crippen molar-refractivity contribution in [2.75, 3.05) is 4.90 Å². The van der Waals surface area contributed by atoms with Crippen LogP contribution in [0.5, 0.6) is 0 Å². The van der Waals surface area contributed by atoms with Crippen LogP contribution in [0, 0.1) is 0 Å². The van der Waals surface area contributed by atoms with Crippen LogP contribution >= 0.6 is 0 Å².